The third-order valence-electron chi connectivity index (χ3n) is 4.39. The number of aryl methyl sites for hydroxylation is 1. The summed E-state index contributed by atoms with van der Waals surface area (Å²) in [5.74, 6) is 0.885. The summed E-state index contributed by atoms with van der Waals surface area (Å²) in [5, 5.41) is 0. The zero-order chi connectivity index (χ0) is 14.5. The monoisotopic (exact) mass is 274 g/mol. The highest BCUT2D eigenvalue weighted by Gasteiger charge is 2.22. The number of nitrogen functional groups attached to an aromatic ring is 1. The number of carbonyl (C=O) groups excluding carboxylic acids is 1. The Balaban J connectivity index is 2.07. The fourth-order valence-corrected chi connectivity index (χ4v) is 3.10. The highest BCUT2D eigenvalue weighted by Crippen LogP contribution is 2.24. The molecule has 1 amide bonds. The Kier molecular flexibility index (Phi) is 5.05. The SMILES string of the molecule is CCCC1CCCN(C(=O)c2cccc(C)c2N)CC1. The number of rotatable bonds is 3. The molecule has 20 heavy (non-hydrogen) atoms. The number of likely N-dealkylation sites (tertiary alicyclic amines) is 1. The Morgan fingerprint density at radius 3 is 2.90 bits per heavy atom. The highest BCUT2D eigenvalue weighted by atomic mass is 16.2. The van der Waals surface area contributed by atoms with E-state index in [0.717, 1.165) is 37.4 Å². The van der Waals surface area contributed by atoms with E-state index in [1.54, 1.807) is 0 Å². The summed E-state index contributed by atoms with van der Waals surface area (Å²) in [7, 11) is 0. The van der Waals surface area contributed by atoms with Gasteiger partial charge in [-0.1, -0.05) is 31.9 Å². The molecule has 1 aliphatic heterocycles. The van der Waals surface area contributed by atoms with Crippen LogP contribution in [0.4, 0.5) is 5.69 Å². The van der Waals surface area contributed by atoms with Crippen LogP contribution >= 0.6 is 0 Å². The van der Waals surface area contributed by atoms with Gasteiger partial charge < -0.3 is 10.6 Å². The maximum Gasteiger partial charge on any atom is 0.255 e. The van der Waals surface area contributed by atoms with Gasteiger partial charge in [0.15, 0.2) is 0 Å². The number of hydrogen-bond acceptors (Lipinski definition) is 2. The molecule has 1 aliphatic rings. The van der Waals surface area contributed by atoms with Crippen molar-refractivity contribution in [2.75, 3.05) is 18.8 Å². The van der Waals surface area contributed by atoms with Crippen LogP contribution in [-0.2, 0) is 0 Å². The maximum absolute atomic E-state index is 12.6. The van der Waals surface area contributed by atoms with Crippen molar-refractivity contribution < 1.29 is 4.79 Å². The molecule has 1 heterocycles. The van der Waals surface area contributed by atoms with Gasteiger partial charge in [-0.15, -0.1) is 0 Å². The van der Waals surface area contributed by atoms with E-state index in [1.807, 2.05) is 30.0 Å². The summed E-state index contributed by atoms with van der Waals surface area (Å²) >= 11 is 0. The van der Waals surface area contributed by atoms with Crippen molar-refractivity contribution in [1.29, 1.82) is 0 Å². The van der Waals surface area contributed by atoms with Crippen LogP contribution in [0.1, 0.15) is 54.9 Å². The van der Waals surface area contributed by atoms with Crippen molar-refractivity contribution in [3.8, 4) is 0 Å². The van der Waals surface area contributed by atoms with Gasteiger partial charge in [-0.3, -0.25) is 4.79 Å². The molecule has 1 unspecified atom stereocenters. The minimum Gasteiger partial charge on any atom is -0.398 e. The Bertz CT molecular complexity index is 470. The van der Waals surface area contributed by atoms with Crippen molar-refractivity contribution >= 4 is 11.6 Å². The van der Waals surface area contributed by atoms with Gasteiger partial charge in [0.1, 0.15) is 0 Å². The van der Waals surface area contributed by atoms with Gasteiger partial charge in [0.05, 0.1) is 5.56 Å². The molecule has 1 aromatic carbocycles. The first-order valence-electron chi connectivity index (χ1n) is 7.77. The average molecular weight is 274 g/mol. The van der Waals surface area contributed by atoms with E-state index in [9.17, 15) is 4.79 Å². The molecule has 1 fully saturated rings. The smallest absolute Gasteiger partial charge is 0.255 e. The Labute approximate surface area is 122 Å². The van der Waals surface area contributed by atoms with E-state index in [-0.39, 0.29) is 5.91 Å². The van der Waals surface area contributed by atoms with E-state index in [4.69, 9.17) is 5.73 Å². The van der Waals surface area contributed by atoms with Crippen molar-refractivity contribution in [2.45, 2.75) is 46.0 Å². The molecule has 0 radical (unpaired) electrons. The second kappa shape index (κ2) is 6.78. The van der Waals surface area contributed by atoms with Gasteiger partial charge >= 0.3 is 0 Å². The summed E-state index contributed by atoms with van der Waals surface area (Å²) in [6, 6.07) is 5.71. The van der Waals surface area contributed by atoms with Crippen molar-refractivity contribution in [1.82, 2.24) is 4.90 Å². The fourth-order valence-electron chi connectivity index (χ4n) is 3.10. The normalized spacial score (nSPS) is 19.7. The number of amides is 1. The van der Waals surface area contributed by atoms with Crippen molar-refractivity contribution in [2.24, 2.45) is 5.92 Å². The van der Waals surface area contributed by atoms with Crippen LogP contribution in [0.2, 0.25) is 0 Å². The summed E-state index contributed by atoms with van der Waals surface area (Å²) < 4.78 is 0. The van der Waals surface area contributed by atoms with E-state index < -0.39 is 0 Å². The number of anilines is 1. The summed E-state index contributed by atoms with van der Waals surface area (Å²) in [6.07, 6.45) is 6.02. The maximum atomic E-state index is 12.6. The zero-order valence-electron chi connectivity index (χ0n) is 12.7. The number of hydrogen-bond donors (Lipinski definition) is 1. The summed E-state index contributed by atoms with van der Waals surface area (Å²) in [4.78, 5) is 14.6. The molecule has 0 spiro atoms. The fraction of sp³-hybridized carbons (Fsp3) is 0.588. The third-order valence-corrected chi connectivity index (χ3v) is 4.39. The molecule has 2 rings (SSSR count). The number of para-hydroxylation sites is 1. The lowest BCUT2D eigenvalue weighted by molar-refractivity contribution is 0.0761. The minimum atomic E-state index is 0.100. The quantitative estimate of drug-likeness (QED) is 0.856. The first-order chi connectivity index (χ1) is 9.63. The van der Waals surface area contributed by atoms with Gasteiger partial charge in [0, 0.05) is 18.8 Å². The lowest BCUT2D eigenvalue weighted by Gasteiger charge is -2.22. The number of nitrogens with zero attached hydrogens (tertiary/aromatic N) is 1. The Morgan fingerprint density at radius 2 is 2.15 bits per heavy atom. The molecule has 2 N–H and O–H groups in total. The first-order valence-corrected chi connectivity index (χ1v) is 7.77. The van der Waals surface area contributed by atoms with Crippen LogP contribution in [0.5, 0.6) is 0 Å². The van der Waals surface area contributed by atoms with E-state index >= 15 is 0 Å². The molecule has 3 heteroatoms. The molecule has 1 atom stereocenters. The van der Waals surface area contributed by atoms with Crippen LogP contribution < -0.4 is 5.73 Å². The molecule has 1 aromatic rings. The zero-order valence-corrected chi connectivity index (χ0v) is 12.7. The Morgan fingerprint density at radius 1 is 1.35 bits per heavy atom. The number of carbonyl (C=O) groups is 1. The van der Waals surface area contributed by atoms with E-state index in [2.05, 4.69) is 6.92 Å². The minimum absolute atomic E-state index is 0.100. The van der Waals surface area contributed by atoms with Crippen LogP contribution in [0.15, 0.2) is 18.2 Å². The molecule has 3 nitrogen and oxygen atoms in total. The molecule has 110 valence electrons. The average Bonchev–Trinajstić information content (AvgIpc) is 2.67. The molecular formula is C17H26N2O. The van der Waals surface area contributed by atoms with Crippen molar-refractivity contribution in [3.63, 3.8) is 0 Å². The molecular weight excluding hydrogens is 248 g/mol. The third kappa shape index (κ3) is 3.33. The van der Waals surface area contributed by atoms with Gasteiger partial charge in [-0.25, -0.2) is 0 Å². The van der Waals surface area contributed by atoms with Crippen LogP contribution in [-0.4, -0.2) is 23.9 Å². The molecule has 1 saturated heterocycles. The molecule has 0 bridgehead atoms. The lowest BCUT2D eigenvalue weighted by atomic mass is 9.96. The van der Waals surface area contributed by atoms with Crippen LogP contribution in [0, 0.1) is 12.8 Å². The van der Waals surface area contributed by atoms with E-state index in [1.165, 1.54) is 19.3 Å². The van der Waals surface area contributed by atoms with E-state index in [0.29, 0.717) is 11.3 Å². The molecule has 0 aromatic heterocycles. The number of nitrogens with two attached hydrogens (primary N) is 1. The standard InChI is InChI=1S/C17H26N2O/c1-3-6-14-8-5-11-19(12-10-14)17(20)15-9-4-7-13(2)16(15)18/h4,7,9,14H,3,5-6,8,10-12,18H2,1-2H3. The van der Waals surface area contributed by atoms with Crippen LogP contribution in [0.3, 0.4) is 0 Å². The lowest BCUT2D eigenvalue weighted by Crippen LogP contribution is -2.32. The van der Waals surface area contributed by atoms with Gasteiger partial charge in [0.2, 0.25) is 0 Å². The van der Waals surface area contributed by atoms with Gasteiger partial charge in [0.25, 0.3) is 5.91 Å². The topological polar surface area (TPSA) is 46.3 Å². The largest absolute Gasteiger partial charge is 0.398 e. The second-order valence-electron chi connectivity index (χ2n) is 5.91. The van der Waals surface area contributed by atoms with Crippen molar-refractivity contribution in [3.05, 3.63) is 29.3 Å². The second-order valence-corrected chi connectivity index (χ2v) is 5.91. The summed E-state index contributed by atoms with van der Waals surface area (Å²) in [6.45, 7) is 5.93. The highest BCUT2D eigenvalue weighted by molar-refractivity contribution is 5.99. The Hall–Kier alpha value is -1.51. The molecule has 0 saturated carbocycles. The van der Waals surface area contributed by atoms with Crippen LogP contribution in [0.25, 0.3) is 0 Å². The predicted molar refractivity (Wildman–Crippen MR) is 83.7 cm³/mol. The molecule has 0 aliphatic carbocycles. The first kappa shape index (κ1) is 14.9. The van der Waals surface area contributed by atoms with Gasteiger partial charge in [-0.2, -0.15) is 0 Å². The number of benzene rings is 1. The predicted octanol–water partition coefficient (Wildman–Crippen LogP) is 3.62. The van der Waals surface area contributed by atoms with Gasteiger partial charge in [-0.05, 0) is 43.7 Å². The summed E-state index contributed by atoms with van der Waals surface area (Å²) in [5.41, 5.74) is 8.33.